The summed E-state index contributed by atoms with van der Waals surface area (Å²) in [6, 6.07) is 0. The first-order valence-electron chi connectivity index (χ1n) is 4.68. The third kappa shape index (κ3) is 1.59. The second kappa shape index (κ2) is 3.47. The standard InChI is InChI=1S/C9H14N2O2/c10-5-7(12)9-11-6-3-1-2-4-8(6)13-9/h7,12H,1-5,10H2. The number of hydrogen-bond donors (Lipinski definition) is 2. The third-order valence-electron chi connectivity index (χ3n) is 2.37. The molecule has 0 saturated carbocycles. The van der Waals surface area contributed by atoms with E-state index in [1.807, 2.05) is 0 Å². The first-order chi connectivity index (χ1) is 6.31. The van der Waals surface area contributed by atoms with Gasteiger partial charge in [-0.15, -0.1) is 0 Å². The van der Waals surface area contributed by atoms with Crippen LogP contribution in [0.1, 0.15) is 36.3 Å². The summed E-state index contributed by atoms with van der Waals surface area (Å²) in [7, 11) is 0. The van der Waals surface area contributed by atoms with Crippen LogP contribution >= 0.6 is 0 Å². The summed E-state index contributed by atoms with van der Waals surface area (Å²) in [5, 5.41) is 9.40. The second-order valence-electron chi connectivity index (χ2n) is 3.38. The van der Waals surface area contributed by atoms with Gasteiger partial charge in [-0.2, -0.15) is 0 Å². The van der Waals surface area contributed by atoms with E-state index in [1.54, 1.807) is 0 Å². The highest BCUT2D eigenvalue weighted by molar-refractivity contribution is 5.14. The third-order valence-corrected chi connectivity index (χ3v) is 2.37. The average molecular weight is 182 g/mol. The summed E-state index contributed by atoms with van der Waals surface area (Å²) in [4.78, 5) is 4.22. The monoisotopic (exact) mass is 182 g/mol. The summed E-state index contributed by atoms with van der Waals surface area (Å²) >= 11 is 0. The molecule has 0 spiro atoms. The van der Waals surface area contributed by atoms with Crippen molar-refractivity contribution >= 4 is 0 Å². The van der Waals surface area contributed by atoms with Gasteiger partial charge in [-0.1, -0.05) is 0 Å². The van der Waals surface area contributed by atoms with Gasteiger partial charge in [0.25, 0.3) is 0 Å². The maximum Gasteiger partial charge on any atom is 0.224 e. The summed E-state index contributed by atoms with van der Waals surface area (Å²) < 4.78 is 5.42. The van der Waals surface area contributed by atoms with Gasteiger partial charge >= 0.3 is 0 Å². The Morgan fingerprint density at radius 3 is 2.92 bits per heavy atom. The lowest BCUT2D eigenvalue weighted by atomic mass is 10.0. The number of nitrogens with two attached hydrogens (primary N) is 1. The molecule has 1 atom stereocenters. The fourth-order valence-electron chi connectivity index (χ4n) is 1.62. The molecule has 0 fully saturated rings. The SMILES string of the molecule is NCC(O)c1nc2c(o1)CCCC2. The molecule has 0 amide bonds. The minimum absolute atomic E-state index is 0.166. The smallest absolute Gasteiger partial charge is 0.224 e. The molecule has 4 heteroatoms. The quantitative estimate of drug-likeness (QED) is 0.700. The largest absolute Gasteiger partial charge is 0.443 e. The van der Waals surface area contributed by atoms with Gasteiger partial charge in [0.15, 0.2) is 0 Å². The summed E-state index contributed by atoms with van der Waals surface area (Å²) in [5.74, 6) is 1.32. The van der Waals surface area contributed by atoms with Crippen LogP contribution in [0.3, 0.4) is 0 Å². The van der Waals surface area contributed by atoms with Crippen LogP contribution in [-0.4, -0.2) is 16.6 Å². The van der Waals surface area contributed by atoms with Crippen molar-refractivity contribution in [3.8, 4) is 0 Å². The van der Waals surface area contributed by atoms with Crippen molar-refractivity contribution in [1.82, 2.24) is 4.98 Å². The Labute approximate surface area is 76.8 Å². The number of aromatic nitrogens is 1. The first-order valence-corrected chi connectivity index (χ1v) is 4.68. The topological polar surface area (TPSA) is 72.3 Å². The van der Waals surface area contributed by atoms with Crippen LogP contribution < -0.4 is 5.73 Å². The molecule has 4 nitrogen and oxygen atoms in total. The van der Waals surface area contributed by atoms with Gasteiger partial charge in [-0.3, -0.25) is 0 Å². The van der Waals surface area contributed by atoms with E-state index in [2.05, 4.69) is 4.98 Å². The first kappa shape index (κ1) is 8.72. The molecule has 1 aliphatic carbocycles. The Morgan fingerprint density at radius 2 is 2.23 bits per heavy atom. The molecule has 1 aromatic rings. The predicted octanol–water partition coefficient (Wildman–Crippen LogP) is 0.546. The highest BCUT2D eigenvalue weighted by atomic mass is 16.4. The van der Waals surface area contributed by atoms with Gasteiger partial charge in [0.2, 0.25) is 5.89 Å². The Bertz CT molecular complexity index is 272. The van der Waals surface area contributed by atoms with E-state index >= 15 is 0 Å². The number of aliphatic hydroxyl groups is 1. The van der Waals surface area contributed by atoms with E-state index in [4.69, 9.17) is 10.2 Å². The molecule has 1 unspecified atom stereocenters. The Balaban J connectivity index is 2.25. The molecule has 1 heterocycles. The van der Waals surface area contributed by atoms with E-state index < -0.39 is 6.10 Å². The normalized spacial score (nSPS) is 18.3. The van der Waals surface area contributed by atoms with Crippen LogP contribution in [0.5, 0.6) is 0 Å². The summed E-state index contributed by atoms with van der Waals surface area (Å²) in [6.45, 7) is 0.166. The molecular weight excluding hydrogens is 168 g/mol. The van der Waals surface area contributed by atoms with Crippen molar-refractivity contribution in [2.45, 2.75) is 31.8 Å². The van der Waals surface area contributed by atoms with Crippen LogP contribution in [0.4, 0.5) is 0 Å². The molecule has 0 bridgehead atoms. The van der Waals surface area contributed by atoms with Crippen molar-refractivity contribution in [1.29, 1.82) is 0 Å². The Hall–Kier alpha value is -0.870. The van der Waals surface area contributed by atoms with Gasteiger partial charge in [-0.05, 0) is 19.3 Å². The lowest BCUT2D eigenvalue weighted by Crippen LogP contribution is -2.11. The molecule has 0 aromatic carbocycles. The molecule has 0 radical (unpaired) electrons. The molecule has 72 valence electrons. The fourth-order valence-corrected chi connectivity index (χ4v) is 1.62. The number of aliphatic hydroxyl groups excluding tert-OH is 1. The number of rotatable bonds is 2. The van der Waals surface area contributed by atoms with E-state index in [1.165, 1.54) is 0 Å². The Kier molecular flexibility index (Phi) is 2.33. The fraction of sp³-hybridized carbons (Fsp3) is 0.667. The van der Waals surface area contributed by atoms with Gasteiger partial charge in [0.1, 0.15) is 11.9 Å². The number of fused-ring (bicyclic) bond motifs is 1. The van der Waals surface area contributed by atoms with Crippen molar-refractivity contribution in [2.75, 3.05) is 6.54 Å². The number of nitrogens with zero attached hydrogens (tertiary/aromatic N) is 1. The zero-order valence-electron chi connectivity index (χ0n) is 7.49. The highest BCUT2D eigenvalue weighted by Gasteiger charge is 2.20. The lowest BCUT2D eigenvalue weighted by Gasteiger charge is -2.05. The lowest BCUT2D eigenvalue weighted by molar-refractivity contribution is 0.149. The molecular formula is C9H14N2O2. The zero-order valence-corrected chi connectivity index (χ0v) is 7.49. The van der Waals surface area contributed by atoms with Crippen LogP contribution in [0, 0.1) is 0 Å². The molecule has 13 heavy (non-hydrogen) atoms. The van der Waals surface area contributed by atoms with Gasteiger partial charge in [0.05, 0.1) is 5.69 Å². The maximum atomic E-state index is 9.40. The van der Waals surface area contributed by atoms with Crippen LogP contribution in [-0.2, 0) is 12.8 Å². The van der Waals surface area contributed by atoms with Crippen molar-refractivity contribution < 1.29 is 9.52 Å². The maximum absolute atomic E-state index is 9.40. The molecule has 3 N–H and O–H groups in total. The van der Waals surface area contributed by atoms with E-state index in [9.17, 15) is 5.11 Å². The zero-order chi connectivity index (χ0) is 9.26. The van der Waals surface area contributed by atoms with E-state index in [-0.39, 0.29) is 6.54 Å². The molecule has 2 rings (SSSR count). The second-order valence-corrected chi connectivity index (χ2v) is 3.38. The Morgan fingerprint density at radius 1 is 1.46 bits per heavy atom. The van der Waals surface area contributed by atoms with Gasteiger partial charge in [0, 0.05) is 13.0 Å². The summed E-state index contributed by atoms with van der Waals surface area (Å²) in [5.41, 5.74) is 6.32. The predicted molar refractivity (Wildman–Crippen MR) is 47.2 cm³/mol. The van der Waals surface area contributed by atoms with Crippen LogP contribution in [0.25, 0.3) is 0 Å². The number of hydrogen-bond acceptors (Lipinski definition) is 4. The van der Waals surface area contributed by atoms with E-state index in [0.29, 0.717) is 5.89 Å². The van der Waals surface area contributed by atoms with Crippen LogP contribution in [0.15, 0.2) is 4.42 Å². The summed E-state index contributed by atoms with van der Waals surface area (Å²) in [6.07, 6.45) is 3.49. The minimum atomic E-state index is -0.745. The van der Waals surface area contributed by atoms with E-state index in [0.717, 1.165) is 37.1 Å². The molecule has 1 aliphatic rings. The number of oxazole rings is 1. The molecule has 0 aliphatic heterocycles. The van der Waals surface area contributed by atoms with Gasteiger partial charge < -0.3 is 15.3 Å². The highest BCUT2D eigenvalue weighted by Crippen LogP contribution is 2.23. The molecule has 0 saturated heterocycles. The van der Waals surface area contributed by atoms with Crippen molar-refractivity contribution in [2.24, 2.45) is 5.73 Å². The van der Waals surface area contributed by atoms with Gasteiger partial charge in [-0.25, -0.2) is 4.98 Å². The molecule has 1 aromatic heterocycles. The van der Waals surface area contributed by atoms with Crippen molar-refractivity contribution in [3.05, 3.63) is 17.3 Å². The minimum Gasteiger partial charge on any atom is -0.443 e. The van der Waals surface area contributed by atoms with Crippen molar-refractivity contribution in [3.63, 3.8) is 0 Å². The average Bonchev–Trinajstić information content (AvgIpc) is 2.59. The van der Waals surface area contributed by atoms with Crippen LogP contribution in [0.2, 0.25) is 0 Å². The number of aryl methyl sites for hydroxylation is 2.